The van der Waals surface area contributed by atoms with E-state index in [0.717, 1.165) is 19.4 Å². The zero-order valence-corrected chi connectivity index (χ0v) is 12.9. The van der Waals surface area contributed by atoms with Crippen LogP contribution in [-0.2, 0) is 9.59 Å². The Kier molecular flexibility index (Phi) is 4.37. The number of amides is 2. The maximum atomic E-state index is 12.7. The van der Waals surface area contributed by atoms with E-state index in [2.05, 4.69) is 13.8 Å². The Morgan fingerprint density at radius 3 is 2.65 bits per heavy atom. The quantitative estimate of drug-likeness (QED) is 0.838. The Bertz CT molecular complexity index is 395. The van der Waals surface area contributed by atoms with Crippen molar-refractivity contribution in [2.24, 2.45) is 11.1 Å². The summed E-state index contributed by atoms with van der Waals surface area (Å²) in [6.07, 6.45) is 2.98. The van der Waals surface area contributed by atoms with Crippen LogP contribution < -0.4 is 5.73 Å². The molecule has 0 aromatic carbocycles. The monoisotopic (exact) mass is 281 g/mol. The van der Waals surface area contributed by atoms with Crippen LogP contribution in [0.3, 0.4) is 0 Å². The van der Waals surface area contributed by atoms with E-state index >= 15 is 0 Å². The normalized spacial score (nSPS) is 27.8. The number of nitrogens with two attached hydrogens (primary N) is 1. The molecule has 2 heterocycles. The number of carbonyl (C=O) groups excluding carboxylic acids is 2. The van der Waals surface area contributed by atoms with Crippen LogP contribution in [-0.4, -0.2) is 53.3 Å². The summed E-state index contributed by atoms with van der Waals surface area (Å²) in [7, 11) is 0. The van der Waals surface area contributed by atoms with E-state index in [0.29, 0.717) is 25.9 Å². The third kappa shape index (κ3) is 2.82. The minimum Gasteiger partial charge on any atom is -0.340 e. The number of piperidine rings is 1. The number of likely N-dealkylation sites (tertiary alicyclic amines) is 2. The summed E-state index contributed by atoms with van der Waals surface area (Å²) in [5.74, 6) is 0.223. The van der Waals surface area contributed by atoms with Gasteiger partial charge in [0.1, 0.15) is 6.04 Å². The summed E-state index contributed by atoms with van der Waals surface area (Å²) in [5.41, 5.74) is 6.07. The highest BCUT2D eigenvalue weighted by Gasteiger charge is 2.39. The molecule has 0 spiro atoms. The van der Waals surface area contributed by atoms with Crippen molar-refractivity contribution in [3.05, 3.63) is 0 Å². The Hall–Kier alpha value is -1.10. The van der Waals surface area contributed by atoms with Gasteiger partial charge in [-0.3, -0.25) is 9.59 Å². The van der Waals surface area contributed by atoms with Crippen LogP contribution in [0.15, 0.2) is 0 Å². The minimum absolute atomic E-state index is 0.0543. The van der Waals surface area contributed by atoms with Crippen molar-refractivity contribution in [3.8, 4) is 0 Å². The third-order valence-corrected chi connectivity index (χ3v) is 4.78. The lowest BCUT2D eigenvalue weighted by atomic mass is 9.79. The molecule has 114 valence electrons. The third-order valence-electron chi connectivity index (χ3n) is 4.78. The molecule has 2 aliphatic rings. The molecule has 5 heteroatoms. The first-order valence-corrected chi connectivity index (χ1v) is 7.70. The standard InChI is InChI=1S/C15H27N3O2/c1-4-11(18-8-5-6-13(18)19)14(20)17-9-7-12(16)15(2,3)10-17/h11-12H,4-10,16H2,1-3H3. The Labute approximate surface area is 121 Å². The van der Waals surface area contributed by atoms with E-state index in [4.69, 9.17) is 5.73 Å². The van der Waals surface area contributed by atoms with Crippen molar-refractivity contribution in [3.63, 3.8) is 0 Å². The molecule has 2 fully saturated rings. The smallest absolute Gasteiger partial charge is 0.245 e. The van der Waals surface area contributed by atoms with Gasteiger partial charge in [0.15, 0.2) is 0 Å². The molecule has 0 aliphatic carbocycles. The van der Waals surface area contributed by atoms with Crippen LogP contribution in [0.1, 0.15) is 46.5 Å². The lowest BCUT2D eigenvalue weighted by Crippen LogP contribution is -2.58. The Balaban J connectivity index is 2.07. The maximum Gasteiger partial charge on any atom is 0.245 e. The van der Waals surface area contributed by atoms with Crippen LogP contribution in [0.2, 0.25) is 0 Å². The van der Waals surface area contributed by atoms with Crippen LogP contribution in [0.4, 0.5) is 0 Å². The second-order valence-corrected chi connectivity index (χ2v) is 6.76. The summed E-state index contributed by atoms with van der Waals surface area (Å²) >= 11 is 0. The van der Waals surface area contributed by atoms with Gasteiger partial charge in [-0.05, 0) is 24.7 Å². The van der Waals surface area contributed by atoms with Crippen LogP contribution in [0, 0.1) is 5.41 Å². The highest BCUT2D eigenvalue weighted by Crippen LogP contribution is 2.29. The van der Waals surface area contributed by atoms with Gasteiger partial charge in [-0.2, -0.15) is 0 Å². The Morgan fingerprint density at radius 2 is 2.15 bits per heavy atom. The van der Waals surface area contributed by atoms with E-state index in [1.807, 2.05) is 11.8 Å². The van der Waals surface area contributed by atoms with Gasteiger partial charge in [-0.15, -0.1) is 0 Å². The summed E-state index contributed by atoms with van der Waals surface area (Å²) in [6.45, 7) is 8.32. The van der Waals surface area contributed by atoms with Crippen molar-refractivity contribution >= 4 is 11.8 Å². The van der Waals surface area contributed by atoms with Crippen molar-refractivity contribution in [1.29, 1.82) is 0 Å². The molecule has 0 aromatic heterocycles. The Morgan fingerprint density at radius 1 is 1.45 bits per heavy atom. The molecule has 5 nitrogen and oxygen atoms in total. The number of nitrogens with zero attached hydrogens (tertiary/aromatic N) is 2. The maximum absolute atomic E-state index is 12.7. The second-order valence-electron chi connectivity index (χ2n) is 6.76. The van der Waals surface area contributed by atoms with E-state index in [9.17, 15) is 9.59 Å². The largest absolute Gasteiger partial charge is 0.340 e. The molecule has 2 saturated heterocycles. The number of rotatable bonds is 3. The number of hydrogen-bond donors (Lipinski definition) is 1. The molecule has 2 N–H and O–H groups in total. The molecule has 0 radical (unpaired) electrons. The molecule has 0 saturated carbocycles. The summed E-state index contributed by atoms with van der Waals surface area (Å²) in [6, 6.07) is -0.143. The lowest BCUT2D eigenvalue weighted by molar-refractivity contribution is -0.146. The predicted octanol–water partition coefficient (Wildman–Crippen LogP) is 0.973. The van der Waals surface area contributed by atoms with E-state index in [1.54, 1.807) is 4.90 Å². The van der Waals surface area contributed by atoms with Gasteiger partial charge in [0.25, 0.3) is 0 Å². The minimum atomic E-state index is -0.282. The van der Waals surface area contributed by atoms with Crippen molar-refractivity contribution < 1.29 is 9.59 Å². The average molecular weight is 281 g/mol. The average Bonchev–Trinajstić information content (AvgIpc) is 2.80. The molecule has 2 unspecified atom stereocenters. The summed E-state index contributed by atoms with van der Waals surface area (Å²) in [4.78, 5) is 28.3. The number of carbonyl (C=O) groups is 2. The van der Waals surface area contributed by atoms with Gasteiger partial charge in [0, 0.05) is 32.1 Å². The van der Waals surface area contributed by atoms with Crippen molar-refractivity contribution in [2.45, 2.75) is 58.5 Å². The first-order valence-electron chi connectivity index (χ1n) is 7.70. The summed E-state index contributed by atoms with van der Waals surface area (Å²) in [5, 5.41) is 0. The highest BCUT2D eigenvalue weighted by atomic mass is 16.2. The van der Waals surface area contributed by atoms with Gasteiger partial charge < -0.3 is 15.5 Å². The van der Waals surface area contributed by atoms with Gasteiger partial charge >= 0.3 is 0 Å². The molecule has 2 rings (SSSR count). The van der Waals surface area contributed by atoms with Gasteiger partial charge in [-0.1, -0.05) is 20.8 Å². The molecule has 0 aromatic rings. The molecule has 20 heavy (non-hydrogen) atoms. The fourth-order valence-electron chi connectivity index (χ4n) is 3.30. The lowest BCUT2D eigenvalue weighted by Gasteiger charge is -2.44. The van der Waals surface area contributed by atoms with Gasteiger partial charge in [0.05, 0.1) is 0 Å². The zero-order valence-electron chi connectivity index (χ0n) is 12.9. The van der Waals surface area contributed by atoms with Crippen LogP contribution in [0.5, 0.6) is 0 Å². The fraction of sp³-hybridized carbons (Fsp3) is 0.867. The van der Waals surface area contributed by atoms with E-state index < -0.39 is 0 Å². The first kappa shape index (κ1) is 15.3. The van der Waals surface area contributed by atoms with Crippen molar-refractivity contribution in [1.82, 2.24) is 9.80 Å². The molecular weight excluding hydrogens is 254 g/mol. The predicted molar refractivity (Wildman–Crippen MR) is 78.0 cm³/mol. The highest BCUT2D eigenvalue weighted by molar-refractivity contribution is 5.88. The van der Waals surface area contributed by atoms with E-state index in [-0.39, 0.29) is 29.3 Å². The molecule has 2 atom stereocenters. The zero-order chi connectivity index (χ0) is 14.9. The van der Waals surface area contributed by atoms with Crippen molar-refractivity contribution in [2.75, 3.05) is 19.6 Å². The van der Waals surface area contributed by atoms with Gasteiger partial charge in [-0.25, -0.2) is 0 Å². The van der Waals surface area contributed by atoms with Crippen LogP contribution >= 0.6 is 0 Å². The molecule has 2 aliphatic heterocycles. The van der Waals surface area contributed by atoms with Gasteiger partial charge in [0.2, 0.25) is 11.8 Å². The fourth-order valence-corrected chi connectivity index (χ4v) is 3.30. The first-order chi connectivity index (χ1) is 9.36. The molecule has 0 bridgehead atoms. The molecule has 2 amide bonds. The topological polar surface area (TPSA) is 66.6 Å². The summed E-state index contributed by atoms with van der Waals surface area (Å²) < 4.78 is 0. The number of hydrogen-bond acceptors (Lipinski definition) is 3. The van der Waals surface area contributed by atoms with Crippen LogP contribution in [0.25, 0.3) is 0 Å². The van der Waals surface area contributed by atoms with E-state index in [1.165, 1.54) is 0 Å². The molecular formula is C15H27N3O2. The second kappa shape index (κ2) is 5.72. The SMILES string of the molecule is CCC(C(=O)N1CCC(N)C(C)(C)C1)N1CCCC1=O.